The van der Waals surface area contributed by atoms with Gasteiger partial charge >= 0.3 is 5.97 Å². The third kappa shape index (κ3) is 4.31. The van der Waals surface area contributed by atoms with Crippen LogP contribution in [-0.4, -0.2) is 81.1 Å². The van der Waals surface area contributed by atoms with Crippen molar-refractivity contribution >= 4 is 5.97 Å². The summed E-state index contributed by atoms with van der Waals surface area (Å²) < 4.78 is 11.1. The number of benzene rings is 1. The minimum atomic E-state index is -1.74. The number of nitrogens with zero attached hydrogens (tertiary/aromatic N) is 1. The van der Waals surface area contributed by atoms with E-state index in [1.165, 1.54) is 16.7 Å². The van der Waals surface area contributed by atoms with E-state index in [2.05, 4.69) is 38.7 Å². The molecule has 0 aromatic heterocycles. The topological polar surface area (TPSA) is 120 Å². The van der Waals surface area contributed by atoms with Gasteiger partial charge in [-0.2, -0.15) is 0 Å². The lowest BCUT2D eigenvalue weighted by molar-refractivity contribution is -0.271. The number of likely N-dealkylation sites (tertiary alicyclic amines) is 1. The maximum absolute atomic E-state index is 11.4. The van der Waals surface area contributed by atoms with Gasteiger partial charge in [0.1, 0.15) is 24.1 Å². The molecular formula is C25H35NO7. The molecule has 4 rings (SSSR count). The Morgan fingerprint density at radius 1 is 1.24 bits per heavy atom. The Labute approximate surface area is 194 Å². The smallest absolute Gasteiger partial charge is 0.335 e. The molecule has 1 aromatic rings. The highest BCUT2D eigenvalue weighted by atomic mass is 16.7. The van der Waals surface area contributed by atoms with Gasteiger partial charge in [-0.3, -0.25) is 4.90 Å². The summed E-state index contributed by atoms with van der Waals surface area (Å²) in [5.74, 6) is -0.562. The molecule has 1 unspecified atom stereocenters. The first kappa shape index (κ1) is 24.2. The number of aliphatic hydroxyl groups is 3. The molecule has 3 aliphatic rings. The van der Waals surface area contributed by atoms with Crippen molar-refractivity contribution in [1.82, 2.24) is 4.90 Å². The number of aliphatic carboxylic acids is 1. The molecule has 182 valence electrons. The second-order valence-electron chi connectivity index (χ2n) is 10.2. The number of fused-ring (bicyclic) bond motifs is 4. The van der Waals surface area contributed by atoms with Crippen LogP contribution in [-0.2, 0) is 21.4 Å². The van der Waals surface area contributed by atoms with E-state index >= 15 is 0 Å². The molecule has 2 saturated heterocycles. The summed E-state index contributed by atoms with van der Waals surface area (Å²) >= 11 is 0. The lowest BCUT2D eigenvalue weighted by Gasteiger charge is -2.54. The van der Waals surface area contributed by atoms with Crippen LogP contribution in [0.25, 0.3) is 0 Å². The molecule has 1 aromatic carbocycles. The van der Waals surface area contributed by atoms with Crippen LogP contribution in [0.3, 0.4) is 0 Å². The van der Waals surface area contributed by atoms with Crippen LogP contribution >= 0.6 is 0 Å². The van der Waals surface area contributed by atoms with Crippen molar-refractivity contribution in [2.75, 3.05) is 13.1 Å². The molecule has 2 aliphatic heterocycles. The van der Waals surface area contributed by atoms with E-state index in [-0.39, 0.29) is 5.41 Å². The Balaban J connectivity index is 1.57. The fraction of sp³-hybridized carbons (Fsp3) is 0.640. The number of rotatable bonds is 5. The molecule has 1 aliphatic carbocycles. The van der Waals surface area contributed by atoms with Gasteiger partial charge in [0.25, 0.3) is 0 Å². The number of carbonyl (C=O) groups is 1. The molecule has 2 bridgehead atoms. The lowest BCUT2D eigenvalue weighted by atomic mass is 9.59. The Morgan fingerprint density at radius 2 is 1.97 bits per heavy atom. The van der Waals surface area contributed by atoms with Gasteiger partial charge in [-0.25, -0.2) is 4.79 Å². The molecule has 2 fully saturated rings. The maximum atomic E-state index is 11.4. The van der Waals surface area contributed by atoms with Crippen molar-refractivity contribution in [2.45, 2.75) is 82.7 Å². The van der Waals surface area contributed by atoms with Crippen molar-refractivity contribution in [1.29, 1.82) is 0 Å². The van der Waals surface area contributed by atoms with E-state index in [9.17, 15) is 25.2 Å². The Kier molecular flexibility index (Phi) is 6.59. The molecule has 0 spiro atoms. The monoisotopic (exact) mass is 461 g/mol. The first-order valence-electron chi connectivity index (χ1n) is 11.6. The van der Waals surface area contributed by atoms with E-state index in [4.69, 9.17) is 9.47 Å². The molecule has 8 nitrogen and oxygen atoms in total. The van der Waals surface area contributed by atoms with E-state index in [1.54, 1.807) is 6.07 Å². The molecule has 0 amide bonds. The highest BCUT2D eigenvalue weighted by Gasteiger charge is 2.50. The molecule has 33 heavy (non-hydrogen) atoms. The quantitative estimate of drug-likeness (QED) is 0.487. The number of hydrogen-bond donors (Lipinski definition) is 4. The first-order valence-corrected chi connectivity index (χ1v) is 11.6. The van der Waals surface area contributed by atoms with E-state index in [1.807, 2.05) is 12.1 Å². The highest BCUT2D eigenvalue weighted by Crippen LogP contribution is 2.49. The summed E-state index contributed by atoms with van der Waals surface area (Å²) in [7, 11) is 0. The molecule has 2 heterocycles. The first-order chi connectivity index (χ1) is 15.5. The van der Waals surface area contributed by atoms with Crippen molar-refractivity contribution in [3.63, 3.8) is 0 Å². The van der Waals surface area contributed by atoms with E-state index in [0.717, 1.165) is 25.9 Å². The van der Waals surface area contributed by atoms with Gasteiger partial charge in [0.2, 0.25) is 6.29 Å². The van der Waals surface area contributed by atoms with Crippen molar-refractivity contribution in [3.05, 3.63) is 41.0 Å². The zero-order valence-corrected chi connectivity index (χ0v) is 19.6. The van der Waals surface area contributed by atoms with Gasteiger partial charge in [-0.05, 0) is 67.8 Å². The van der Waals surface area contributed by atoms with Crippen molar-refractivity contribution in [2.24, 2.45) is 5.92 Å². The van der Waals surface area contributed by atoms with E-state index < -0.39 is 36.7 Å². The zero-order valence-electron chi connectivity index (χ0n) is 19.6. The van der Waals surface area contributed by atoms with Gasteiger partial charge in [-0.15, -0.1) is 0 Å². The second-order valence-corrected chi connectivity index (χ2v) is 10.2. The van der Waals surface area contributed by atoms with Gasteiger partial charge in [0.05, 0.1) is 0 Å². The van der Waals surface area contributed by atoms with Crippen LogP contribution in [0.1, 0.15) is 45.2 Å². The summed E-state index contributed by atoms with van der Waals surface area (Å²) in [4.78, 5) is 13.9. The third-order valence-electron chi connectivity index (χ3n) is 7.89. The molecule has 0 saturated carbocycles. The molecular weight excluding hydrogens is 426 g/mol. The molecule has 8 heteroatoms. The third-order valence-corrected chi connectivity index (χ3v) is 7.89. The average molecular weight is 462 g/mol. The van der Waals surface area contributed by atoms with Crippen molar-refractivity contribution in [3.8, 4) is 5.75 Å². The normalized spacial score (nSPS) is 38.3. The summed E-state index contributed by atoms with van der Waals surface area (Å²) in [5.41, 5.74) is 3.75. The summed E-state index contributed by atoms with van der Waals surface area (Å²) in [5, 5.41) is 39.5. The fourth-order valence-electron chi connectivity index (χ4n) is 5.57. The minimum Gasteiger partial charge on any atom is -0.479 e. The van der Waals surface area contributed by atoms with Crippen LogP contribution in [0, 0.1) is 5.92 Å². The lowest BCUT2D eigenvalue weighted by Crippen LogP contribution is -2.61. The standard InChI is InChI=1S/C25H35NO7/c1-13(2)7-9-26-10-8-25(4)14(3)18(26)11-15-5-6-16(12-17(15)25)32-24-21(29)19(27)20(28)22(33-24)23(30)31/h5-7,12,14,18-22,24,27-29H,8-11H2,1-4H3,(H,30,31)/t14-,18+,19+,20+,21-,22+,24?,25+/m1/s1. The number of ether oxygens (including phenoxy) is 2. The number of carboxylic acids is 1. The average Bonchev–Trinajstić information content (AvgIpc) is 2.76. The van der Waals surface area contributed by atoms with Crippen LogP contribution in [0.4, 0.5) is 0 Å². The SMILES string of the molecule is CC(C)=CCN1CC[C@]2(C)c3cc(OC4O[C@H](C(=O)O)[C@@H](O)[C@H](O)[C@H]4O)ccc3C[C@H]1[C@H]2C. The van der Waals surface area contributed by atoms with Gasteiger partial charge in [0, 0.05) is 12.6 Å². The Morgan fingerprint density at radius 3 is 2.64 bits per heavy atom. The summed E-state index contributed by atoms with van der Waals surface area (Å²) in [6.45, 7) is 10.8. The van der Waals surface area contributed by atoms with Crippen molar-refractivity contribution < 1.29 is 34.7 Å². The Hall–Kier alpha value is -1.97. The number of hydrogen-bond acceptors (Lipinski definition) is 7. The maximum Gasteiger partial charge on any atom is 0.335 e. The van der Waals surface area contributed by atoms with Crippen LogP contribution in [0.15, 0.2) is 29.8 Å². The van der Waals surface area contributed by atoms with Crippen LogP contribution in [0.5, 0.6) is 5.75 Å². The summed E-state index contributed by atoms with van der Waals surface area (Å²) in [6, 6.07) is 6.23. The largest absolute Gasteiger partial charge is 0.479 e. The van der Waals surface area contributed by atoms with Gasteiger partial charge in [-0.1, -0.05) is 31.6 Å². The van der Waals surface area contributed by atoms with Gasteiger partial charge < -0.3 is 29.9 Å². The van der Waals surface area contributed by atoms with E-state index in [0.29, 0.717) is 17.7 Å². The number of allylic oxidation sites excluding steroid dienone is 1. The molecule has 4 N–H and O–H groups in total. The number of aliphatic hydroxyl groups excluding tert-OH is 3. The predicted octanol–water partition coefficient (Wildman–Crippen LogP) is 1.45. The zero-order chi connectivity index (χ0) is 24.1. The number of piperidine rings is 1. The summed E-state index contributed by atoms with van der Waals surface area (Å²) in [6.07, 6.45) is -3.87. The Bertz CT molecular complexity index is 929. The predicted molar refractivity (Wildman–Crippen MR) is 121 cm³/mol. The van der Waals surface area contributed by atoms with Crippen LogP contribution in [0.2, 0.25) is 0 Å². The molecule has 0 radical (unpaired) electrons. The minimum absolute atomic E-state index is 0.0373. The highest BCUT2D eigenvalue weighted by molar-refractivity contribution is 5.73. The number of carboxylic acid groups (broad SMARTS) is 1. The molecule has 8 atom stereocenters. The fourth-order valence-corrected chi connectivity index (χ4v) is 5.57. The second kappa shape index (κ2) is 9.00. The van der Waals surface area contributed by atoms with Gasteiger partial charge in [0.15, 0.2) is 6.10 Å². The van der Waals surface area contributed by atoms with Crippen LogP contribution < -0.4 is 4.74 Å².